The Hall–Kier alpha value is -2.76. The number of aryl methyl sites for hydroxylation is 1. The number of nitrogens with zero attached hydrogens (tertiary/aromatic N) is 2. The number of carbonyl (C=O) groups excluding carboxylic acids is 2. The highest BCUT2D eigenvalue weighted by molar-refractivity contribution is 5.91. The molecule has 1 aliphatic heterocycles. The number of halogens is 1. The van der Waals surface area contributed by atoms with Crippen molar-refractivity contribution >= 4 is 11.9 Å². The Morgan fingerprint density at radius 1 is 1.28 bits per heavy atom. The van der Waals surface area contributed by atoms with Crippen molar-refractivity contribution in [1.29, 1.82) is 0 Å². The maximum atomic E-state index is 13.7. The van der Waals surface area contributed by atoms with E-state index in [1.807, 2.05) is 0 Å². The number of hydrogen-bond donors (Lipinski definition) is 0. The van der Waals surface area contributed by atoms with Crippen LogP contribution in [0.1, 0.15) is 33.5 Å². The number of fused-ring (bicyclic) bond motifs is 1. The van der Waals surface area contributed by atoms with Crippen LogP contribution in [0.2, 0.25) is 0 Å². The van der Waals surface area contributed by atoms with Gasteiger partial charge in [0.05, 0.1) is 12.7 Å². The summed E-state index contributed by atoms with van der Waals surface area (Å²) >= 11 is 0. The Kier molecular flexibility index (Phi) is 5.07. The minimum atomic E-state index is -0.413. The summed E-state index contributed by atoms with van der Waals surface area (Å²) in [5.41, 5.74) is 2.75. The third-order valence-electron chi connectivity index (χ3n) is 4.46. The summed E-state index contributed by atoms with van der Waals surface area (Å²) < 4.78 is 18.4. The standard InChI is InChI=1S/C19H19FN2O3/c1-25-19(24)16-11-21-10-14-12-22(9-8-15(14)16)18(23)7-6-13-4-2-3-5-17(13)20/h2-5,10-11H,6-9,12H2,1H3. The van der Waals surface area contributed by atoms with Crippen LogP contribution in [0.15, 0.2) is 36.7 Å². The molecule has 0 spiro atoms. The number of rotatable bonds is 4. The van der Waals surface area contributed by atoms with Crippen molar-refractivity contribution in [3.63, 3.8) is 0 Å². The lowest BCUT2D eigenvalue weighted by atomic mass is 9.96. The second kappa shape index (κ2) is 7.42. The van der Waals surface area contributed by atoms with Gasteiger partial charge < -0.3 is 9.64 Å². The fourth-order valence-electron chi connectivity index (χ4n) is 3.09. The molecule has 0 saturated heterocycles. The molecular weight excluding hydrogens is 323 g/mol. The van der Waals surface area contributed by atoms with Gasteiger partial charge in [0, 0.05) is 31.9 Å². The predicted octanol–water partition coefficient (Wildman–Crippen LogP) is 2.52. The lowest BCUT2D eigenvalue weighted by Crippen LogP contribution is -2.37. The van der Waals surface area contributed by atoms with Gasteiger partial charge in [-0.25, -0.2) is 9.18 Å². The van der Waals surface area contributed by atoms with Crippen molar-refractivity contribution in [1.82, 2.24) is 9.88 Å². The van der Waals surface area contributed by atoms with Gasteiger partial charge >= 0.3 is 5.97 Å². The largest absolute Gasteiger partial charge is 0.465 e. The van der Waals surface area contributed by atoms with Crippen LogP contribution in [0, 0.1) is 5.82 Å². The molecular formula is C19H19FN2O3. The van der Waals surface area contributed by atoms with Gasteiger partial charge in [-0.05, 0) is 35.6 Å². The molecule has 6 heteroatoms. The Balaban J connectivity index is 1.67. The number of ether oxygens (including phenoxy) is 1. The zero-order valence-corrected chi connectivity index (χ0v) is 14.0. The number of carbonyl (C=O) groups is 2. The maximum absolute atomic E-state index is 13.7. The molecule has 0 fully saturated rings. The van der Waals surface area contributed by atoms with Crippen molar-refractivity contribution in [2.24, 2.45) is 0 Å². The molecule has 1 aliphatic rings. The number of esters is 1. The smallest absolute Gasteiger partial charge is 0.339 e. The van der Waals surface area contributed by atoms with E-state index < -0.39 is 5.97 Å². The van der Waals surface area contributed by atoms with Gasteiger partial charge in [0.15, 0.2) is 0 Å². The van der Waals surface area contributed by atoms with E-state index >= 15 is 0 Å². The van der Waals surface area contributed by atoms with Gasteiger partial charge in [-0.15, -0.1) is 0 Å². The number of aromatic nitrogens is 1. The summed E-state index contributed by atoms with van der Waals surface area (Å²) in [6.45, 7) is 0.931. The molecule has 2 heterocycles. The molecule has 0 saturated carbocycles. The molecule has 0 unspecified atom stereocenters. The van der Waals surface area contributed by atoms with E-state index in [2.05, 4.69) is 4.98 Å². The molecule has 25 heavy (non-hydrogen) atoms. The molecule has 1 aromatic heterocycles. The van der Waals surface area contributed by atoms with E-state index in [4.69, 9.17) is 4.74 Å². The first kappa shape index (κ1) is 17.1. The Labute approximate surface area is 145 Å². The highest BCUT2D eigenvalue weighted by Gasteiger charge is 2.25. The molecule has 2 aromatic rings. The Morgan fingerprint density at radius 2 is 2.08 bits per heavy atom. The quantitative estimate of drug-likeness (QED) is 0.801. The van der Waals surface area contributed by atoms with Crippen LogP contribution in [-0.4, -0.2) is 35.4 Å². The van der Waals surface area contributed by atoms with Gasteiger partial charge in [0.25, 0.3) is 0 Å². The van der Waals surface area contributed by atoms with Gasteiger partial charge in [0.2, 0.25) is 5.91 Å². The third-order valence-corrected chi connectivity index (χ3v) is 4.46. The molecule has 0 radical (unpaired) electrons. The van der Waals surface area contributed by atoms with E-state index in [1.165, 1.54) is 19.4 Å². The lowest BCUT2D eigenvalue weighted by Gasteiger charge is -2.29. The molecule has 0 atom stereocenters. The Morgan fingerprint density at radius 3 is 2.84 bits per heavy atom. The first-order valence-corrected chi connectivity index (χ1v) is 8.15. The highest BCUT2D eigenvalue weighted by Crippen LogP contribution is 2.23. The topological polar surface area (TPSA) is 59.5 Å². The highest BCUT2D eigenvalue weighted by atomic mass is 19.1. The molecule has 0 N–H and O–H groups in total. The number of hydrogen-bond acceptors (Lipinski definition) is 4. The minimum Gasteiger partial charge on any atom is -0.465 e. The van der Waals surface area contributed by atoms with Crippen LogP contribution in [0.4, 0.5) is 4.39 Å². The molecule has 0 aliphatic carbocycles. The number of amides is 1. The van der Waals surface area contributed by atoms with Crippen molar-refractivity contribution in [3.8, 4) is 0 Å². The molecule has 1 amide bonds. The van der Waals surface area contributed by atoms with Crippen LogP contribution in [0.5, 0.6) is 0 Å². The maximum Gasteiger partial charge on any atom is 0.339 e. The second-order valence-corrected chi connectivity index (χ2v) is 5.97. The van der Waals surface area contributed by atoms with Crippen LogP contribution >= 0.6 is 0 Å². The normalized spacial score (nSPS) is 13.3. The molecule has 5 nitrogen and oxygen atoms in total. The van der Waals surface area contributed by atoms with Gasteiger partial charge in [-0.3, -0.25) is 9.78 Å². The fourth-order valence-corrected chi connectivity index (χ4v) is 3.09. The molecule has 130 valence electrons. The first-order valence-electron chi connectivity index (χ1n) is 8.15. The van der Waals surface area contributed by atoms with Crippen molar-refractivity contribution in [2.75, 3.05) is 13.7 Å². The van der Waals surface area contributed by atoms with E-state index in [1.54, 1.807) is 29.3 Å². The SMILES string of the molecule is COC(=O)c1cncc2c1CCN(C(=O)CCc1ccccc1F)C2. The van der Waals surface area contributed by atoms with Crippen LogP contribution in [0.25, 0.3) is 0 Å². The average Bonchev–Trinajstić information content (AvgIpc) is 2.65. The summed E-state index contributed by atoms with van der Waals surface area (Å²) in [5, 5.41) is 0. The average molecular weight is 342 g/mol. The van der Waals surface area contributed by atoms with E-state index in [0.717, 1.165) is 11.1 Å². The molecule has 0 bridgehead atoms. The predicted molar refractivity (Wildman–Crippen MR) is 89.4 cm³/mol. The van der Waals surface area contributed by atoms with Crippen molar-refractivity contribution < 1.29 is 18.7 Å². The first-order chi connectivity index (χ1) is 12.1. The van der Waals surface area contributed by atoms with Crippen LogP contribution < -0.4 is 0 Å². The van der Waals surface area contributed by atoms with Crippen molar-refractivity contribution in [2.45, 2.75) is 25.8 Å². The number of methoxy groups -OCH3 is 1. The lowest BCUT2D eigenvalue weighted by molar-refractivity contribution is -0.132. The zero-order chi connectivity index (χ0) is 17.8. The summed E-state index contributed by atoms with van der Waals surface area (Å²) in [4.78, 5) is 30.1. The summed E-state index contributed by atoms with van der Waals surface area (Å²) in [6.07, 6.45) is 4.38. The number of pyridine rings is 1. The van der Waals surface area contributed by atoms with E-state index in [9.17, 15) is 14.0 Å². The summed E-state index contributed by atoms with van der Waals surface area (Å²) in [5.74, 6) is -0.729. The Bertz CT molecular complexity index is 807. The van der Waals surface area contributed by atoms with Gasteiger partial charge in [-0.2, -0.15) is 0 Å². The molecule has 3 rings (SSSR count). The zero-order valence-electron chi connectivity index (χ0n) is 14.0. The monoisotopic (exact) mass is 342 g/mol. The fraction of sp³-hybridized carbons (Fsp3) is 0.316. The van der Waals surface area contributed by atoms with Crippen molar-refractivity contribution in [3.05, 3.63) is 64.7 Å². The summed E-state index contributed by atoms with van der Waals surface area (Å²) in [7, 11) is 1.34. The minimum absolute atomic E-state index is 0.0302. The van der Waals surface area contributed by atoms with Gasteiger partial charge in [-0.1, -0.05) is 18.2 Å². The summed E-state index contributed by atoms with van der Waals surface area (Å²) in [6, 6.07) is 6.49. The van der Waals surface area contributed by atoms with E-state index in [-0.39, 0.29) is 18.1 Å². The number of benzene rings is 1. The van der Waals surface area contributed by atoms with Gasteiger partial charge in [0.1, 0.15) is 5.82 Å². The molecule has 1 aromatic carbocycles. The third kappa shape index (κ3) is 3.68. The van der Waals surface area contributed by atoms with E-state index in [0.29, 0.717) is 37.1 Å². The second-order valence-electron chi connectivity index (χ2n) is 5.97. The van der Waals surface area contributed by atoms with Crippen LogP contribution in [-0.2, 0) is 28.9 Å². The van der Waals surface area contributed by atoms with Crippen LogP contribution in [0.3, 0.4) is 0 Å².